The Morgan fingerprint density at radius 2 is 1.62 bits per heavy atom. The van der Waals surface area contributed by atoms with Crippen LogP contribution < -0.4 is 5.32 Å². The average Bonchev–Trinajstić information content (AvgIpc) is 2.31. The predicted molar refractivity (Wildman–Crippen MR) is 60.6 cm³/mol. The number of ether oxygens (including phenoxy) is 2. The second-order valence-electron chi connectivity index (χ2n) is 4.39. The van der Waals surface area contributed by atoms with Gasteiger partial charge in [-0.1, -0.05) is 0 Å². The molecule has 0 saturated carbocycles. The maximum absolute atomic E-state index is 12.2. The zero-order chi connectivity index (χ0) is 16.9. The van der Waals surface area contributed by atoms with Gasteiger partial charge in [0, 0.05) is 0 Å². The van der Waals surface area contributed by atoms with E-state index in [1.54, 1.807) is 0 Å². The summed E-state index contributed by atoms with van der Waals surface area (Å²) in [7, 11) is 1.34. The maximum Gasteiger partial charge on any atom is 0.423 e. The van der Waals surface area contributed by atoms with E-state index in [1.165, 1.54) is 20.9 Å². The van der Waals surface area contributed by atoms with Gasteiger partial charge in [-0.2, -0.15) is 26.3 Å². The van der Waals surface area contributed by atoms with E-state index < -0.39 is 43.0 Å². The molecule has 0 saturated heterocycles. The highest BCUT2D eigenvalue weighted by atomic mass is 19.4. The summed E-state index contributed by atoms with van der Waals surface area (Å²) in [6.45, 7) is 1.93. The van der Waals surface area contributed by atoms with E-state index >= 15 is 0 Å². The number of halogens is 6. The van der Waals surface area contributed by atoms with Gasteiger partial charge < -0.3 is 14.8 Å². The van der Waals surface area contributed by atoms with Gasteiger partial charge >= 0.3 is 18.3 Å². The Morgan fingerprint density at radius 3 is 1.95 bits per heavy atom. The first-order chi connectivity index (χ1) is 9.38. The molecule has 0 radical (unpaired) electrons. The van der Waals surface area contributed by atoms with Crippen molar-refractivity contribution < 1.29 is 40.6 Å². The van der Waals surface area contributed by atoms with Crippen LogP contribution in [0.5, 0.6) is 0 Å². The monoisotopic (exact) mass is 325 g/mol. The van der Waals surface area contributed by atoms with Gasteiger partial charge in [-0.15, -0.1) is 0 Å². The second kappa shape index (κ2) is 7.30. The smallest absolute Gasteiger partial charge is 0.423 e. The molecule has 126 valence electrons. The van der Waals surface area contributed by atoms with E-state index in [0.29, 0.717) is 0 Å². The fraction of sp³-hybridized carbons (Fsp3) is 0.909. The molecular weight excluding hydrogens is 308 g/mol. The molecule has 4 nitrogen and oxygen atoms in total. The molecule has 1 unspecified atom stereocenters. The summed E-state index contributed by atoms with van der Waals surface area (Å²) in [4.78, 5) is 11.6. The van der Waals surface area contributed by atoms with Gasteiger partial charge in [0.05, 0.1) is 13.2 Å². The third-order valence-corrected chi connectivity index (χ3v) is 2.76. The first-order valence-electron chi connectivity index (χ1n) is 5.99. The molecule has 0 heterocycles. The molecule has 1 atom stereocenters. The van der Waals surface area contributed by atoms with E-state index in [0.717, 1.165) is 0 Å². The van der Waals surface area contributed by atoms with Crippen LogP contribution in [0.15, 0.2) is 0 Å². The lowest BCUT2D eigenvalue weighted by Gasteiger charge is -2.28. The van der Waals surface area contributed by atoms with Crippen molar-refractivity contribution >= 4 is 5.97 Å². The lowest BCUT2D eigenvalue weighted by molar-refractivity contribution is -0.322. The lowest BCUT2D eigenvalue weighted by Crippen LogP contribution is -2.50. The number of hydrogen-bond donors (Lipinski definition) is 1. The van der Waals surface area contributed by atoms with Crippen LogP contribution in [0.3, 0.4) is 0 Å². The number of esters is 1. The number of likely N-dealkylation sites (N-methyl/N-ethyl adjacent to an activating group) is 1. The number of carbonyl (C=O) groups is 1. The van der Waals surface area contributed by atoms with Gasteiger partial charge in [0.25, 0.3) is 0 Å². The summed E-state index contributed by atoms with van der Waals surface area (Å²) in [5.74, 6) is -0.785. The molecule has 0 aliphatic carbocycles. The first kappa shape index (κ1) is 20.0. The van der Waals surface area contributed by atoms with Crippen molar-refractivity contribution in [3.8, 4) is 0 Å². The zero-order valence-corrected chi connectivity index (χ0v) is 11.7. The highest BCUT2D eigenvalue weighted by Crippen LogP contribution is 2.35. The second-order valence-corrected chi connectivity index (χ2v) is 4.39. The van der Waals surface area contributed by atoms with Crippen LogP contribution in [0.1, 0.15) is 20.3 Å². The Morgan fingerprint density at radius 1 is 1.14 bits per heavy atom. The Labute approximate surface area is 117 Å². The Kier molecular flexibility index (Phi) is 6.94. The molecule has 1 N–H and O–H groups in total. The van der Waals surface area contributed by atoms with Crippen molar-refractivity contribution in [2.45, 2.75) is 44.3 Å². The van der Waals surface area contributed by atoms with E-state index in [2.05, 4.69) is 14.8 Å². The van der Waals surface area contributed by atoms with Crippen molar-refractivity contribution in [3.05, 3.63) is 0 Å². The van der Waals surface area contributed by atoms with Crippen LogP contribution in [0.25, 0.3) is 0 Å². The first-order valence-corrected chi connectivity index (χ1v) is 5.99. The quantitative estimate of drug-likeness (QED) is 0.577. The van der Waals surface area contributed by atoms with Gasteiger partial charge in [-0.3, -0.25) is 4.79 Å². The molecule has 21 heavy (non-hydrogen) atoms. The highest BCUT2D eigenvalue weighted by Gasteiger charge is 2.58. The molecule has 0 aromatic rings. The molecule has 0 aromatic carbocycles. The Hall–Kier alpha value is -1.03. The standard InChI is InChI=1S/C11H17F6NO3/c1-4-20-8(19)9(2,18-3)5-6-21-7(10(12,13)14)11(15,16)17/h7,18H,4-6H2,1-3H3. The summed E-state index contributed by atoms with van der Waals surface area (Å²) in [5, 5.41) is 2.50. The largest absolute Gasteiger partial charge is 0.465 e. The number of hydrogen-bond acceptors (Lipinski definition) is 4. The van der Waals surface area contributed by atoms with Gasteiger partial charge in [0.2, 0.25) is 6.10 Å². The van der Waals surface area contributed by atoms with Crippen molar-refractivity contribution in [2.75, 3.05) is 20.3 Å². The highest BCUT2D eigenvalue weighted by molar-refractivity contribution is 5.80. The van der Waals surface area contributed by atoms with Crippen molar-refractivity contribution in [1.82, 2.24) is 5.32 Å². The zero-order valence-electron chi connectivity index (χ0n) is 11.7. The minimum Gasteiger partial charge on any atom is -0.465 e. The number of alkyl halides is 6. The van der Waals surface area contributed by atoms with Crippen molar-refractivity contribution in [3.63, 3.8) is 0 Å². The summed E-state index contributed by atoms with van der Waals surface area (Å²) in [5.41, 5.74) is -1.43. The molecule has 0 spiro atoms. The van der Waals surface area contributed by atoms with Crippen LogP contribution in [0.2, 0.25) is 0 Å². The third kappa shape index (κ3) is 6.08. The van der Waals surface area contributed by atoms with E-state index in [1.807, 2.05) is 0 Å². The van der Waals surface area contributed by atoms with Crippen LogP contribution in [-0.2, 0) is 14.3 Å². The predicted octanol–water partition coefficient (Wildman–Crippen LogP) is 2.43. The summed E-state index contributed by atoms with van der Waals surface area (Å²) in [6.07, 6.45) is -15.4. The lowest BCUT2D eigenvalue weighted by atomic mass is 9.99. The van der Waals surface area contributed by atoms with Gasteiger partial charge in [0.1, 0.15) is 5.54 Å². The molecule has 10 heteroatoms. The average molecular weight is 325 g/mol. The Bertz CT molecular complexity index is 330. The van der Waals surface area contributed by atoms with E-state index in [4.69, 9.17) is 0 Å². The van der Waals surface area contributed by atoms with Crippen LogP contribution in [0, 0.1) is 0 Å². The molecule has 0 rings (SSSR count). The minimum absolute atomic E-state index is 0.0324. The number of nitrogens with one attached hydrogen (secondary N) is 1. The maximum atomic E-state index is 12.2. The number of carbonyl (C=O) groups excluding carboxylic acids is 1. The SMILES string of the molecule is CCOC(=O)C(C)(CCOC(C(F)(F)F)C(F)(F)F)NC. The Balaban J connectivity index is 4.73. The topological polar surface area (TPSA) is 47.6 Å². The van der Waals surface area contributed by atoms with E-state index in [-0.39, 0.29) is 6.61 Å². The fourth-order valence-corrected chi connectivity index (χ4v) is 1.37. The molecule has 0 aliphatic rings. The van der Waals surface area contributed by atoms with Crippen molar-refractivity contribution in [1.29, 1.82) is 0 Å². The minimum atomic E-state index is -5.57. The third-order valence-electron chi connectivity index (χ3n) is 2.76. The van der Waals surface area contributed by atoms with Gasteiger partial charge in [-0.25, -0.2) is 0 Å². The van der Waals surface area contributed by atoms with Crippen LogP contribution in [-0.4, -0.2) is 50.2 Å². The molecule has 0 bridgehead atoms. The van der Waals surface area contributed by atoms with Crippen LogP contribution in [0.4, 0.5) is 26.3 Å². The molecule has 0 aromatic heterocycles. The van der Waals surface area contributed by atoms with Crippen LogP contribution >= 0.6 is 0 Å². The number of rotatable bonds is 7. The van der Waals surface area contributed by atoms with Crippen molar-refractivity contribution in [2.24, 2.45) is 0 Å². The molecule has 0 amide bonds. The summed E-state index contributed by atoms with van der Waals surface area (Å²) in [6, 6.07) is 0. The van der Waals surface area contributed by atoms with Gasteiger partial charge in [-0.05, 0) is 27.3 Å². The molecular formula is C11H17F6NO3. The normalized spacial score (nSPS) is 15.9. The summed E-state index contributed by atoms with van der Waals surface area (Å²) < 4.78 is 82.1. The molecule has 0 fully saturated rings. The van der Waals surface area contributed by atoms with E-state index in [9.17, 15) is 31.1 Å². The fourth-order valence-electron chi connectivity index (χ4n) is 1.37. The van der Waals surface area contributed by atoms with Gasteiger partial charge in [0.15, 0.2) is 0 Å². The summed E-state index contributed by atoms with van der Waals surface area (Å²) >= 11 is 0. The molecule has 0 aliphatic heterocycles.